The zero-order valence-electron chi connectivity index (χ0n) is 9.70. The summed E-state index contributed by atoms with van der Waals surface area (Å²) in [6, 6.07) is 8.79. The largest absolute Gasteiger partial charge is 0.756 e. The summed E-state index contributed by atoms with van der Waals surface area (Å²) in [4.78, 5) is 11.8. The van der Waals surface area contributed by atoms with E-state index in [0.29, 0.717) is 15.4 Å². The summed E-state index contributed by atoms with van der Waals surface area (Å²) in [5.74, 6) is 0. The molecule has 1 aliphatic heterocycles. The minimum atomic E-state index is -1.39. The number of benzene rings is 1. The predicted molar refractivity (Wildman–Crippen MR) is 63.3 cm³/mol. The first-order valence-corrected chi connectivity index (χ1v) is 5.32. The van der Waals surface area contributed by atoms with Gasteiger partial charge in [-0.2, -0.15) is 0 Å². The lowest BCUT2D eigenvalue weighted by atomic mass is 9.99. The number of hydrogen-bond acceptors (Lipinski definition) is 4. The van der Waals surface area contributed by atoms with Crippen LogP contribution in [0.5, 0.6) is 0 Å². The molecule has 1 atom stereocenters. The lowest BCUT2D eigenvalue weighted by Gasteiger charge is -2.42. The molecule has 0 aromatic heterocycles. The molecule has 1 aromatic rings. The minimum absolute atomic E-state index is 0.174. The van der Waals surface area contributed by atoms with Crippen LogP contribution in [0.2, 0.25) is 0 Å². The number of aliphatic hydroxyl groups excluding tert-OH is 1. The van der Waals surface area contributed by atoms with Gasteiger partial charge in [-0.3, -0.25) is 0 Å². The van der Waals surface area contributed by atoms with Gasteiger partial charge in [0.1, 0.15) is 5.70 Å². The molecule has 0 radical (unpaired) electrons. The van der Waals surface area contributed by atoms with Crippen molar-refractivity contribution in [2.24, 2.45) is 0 Å². The third-order valence-corrected chi connectivity index (χ3v) is 2.97. The van der Waals surface area contributed by atoms with Crippen molar-refractivity contribution in [1.29, 1.82) is 0 Å². The molecule has 0 spiro atoms. The average molecular weight is 234 g/mol. The molecule has 17 heavy (non-hydrogen) atoms. The summed E-state index contributed by atoms with van der Waals surface area (Å²) in [7, 11) is 0. The SMILES string of the molecule is CC1(C)C(O)N([O-])C(c2ccccc2)=C[N+]1=O. The summed E-state index contributed by atoms with van der Waals surface area (Å²) in [5.41, 5.74) is -0.370. The van der Waals surface area contributed by atoms with Gasteiger partial charge in [0, 0.05) is 29.1 Å². The molecule has 0 aliphatic carbocycles. The Bertz CT molecular complexity index is 468. The molecule has 0 saturated carbocycles. The number of nitroso groups, excluding NO2 is 1. The summed E-state index contributed by atoms with van der Waals surface area (Å²) < 4.78 is 0.619. The summed E-state index contributed by atoms with van der Waals surface area (Å²) >= 11 is 0. The van der Waals surface area contributed by atoms with Gasteiger partial charge in [0.2, 0.25) is 6.20 Å². The van der Waals surface area contributed by atoms with Gasteiger partial charge >= 0.3 is 0 Å². The average Bonchev–Trinajstić information content (AvgIpc) is 2.33. The summed E-state index contributed by atoms with van der Waals surface area (Å²) in [6.07, 6.45) is -0.171. The first-order valence-electron chi connectivity index (χ1n) is 5.32. The van der Waals surface area contributed by atoms with E-state index in [1.54, 1.807) is 24.3 Å². The van der Waals surface area contributed by atoms with Crippen LogP contribution in [-0.2, 0) is 0 Å². The van der Waals surface area contributed by atoms with Crippen molar-refractivity contribution in [3.05, 3.63) is 52.2 Å². The van der Waals surface area contributed by atoms with Crippen LogP contribution in [0.25, 0.3) is 5.70 Å². The molecule has 1 unspecified atom stereocenters. The molecule has 2 rings (SSSR count). The van der Waals surface area contributed by atoms with Crippen molar-refractivity contribution in [2.45, 2.75) is 25.6 Å². The standard InChI is InChI=1S/C12H14N2O3/c1-12(2)11(15)14(17)10(8-13(12)16)9-6-4-3-5-7-9/h3-8,11,15H,1-2H3. The molecule has 0 amide bonds. The Morgan fingerprint density at radius 1 is 1.35 bits per heavy atom. The molecule has 90 valence electrons. The zero-order chi connectivity index (χ0) is 12.6. The number of rotatable bonds is 1. The third kappa shape index (κ3) is 1.83. The molecule has 5 nitrogen and oxygen atoms in total. The van der Waals surface area contributed by atoms with Gasteiger partial charge in [0.25, 0.3) is 5.54 Å². The maximum atomic E-state index is 11.9. The molecule has 0 bridgehead atoms. The highest BCUT2D eigenvalue weighted by Gasteiger charge is 2.47. The topological polar surface area (TPSA) is 66.6 Å². The first kappa shape index (κ1) is 11.8. The number of hydrogen-bond donors (Lipinski definition) is 1. The molecule has 0 fully saturated rings. The lowest BCUT2D eigenvalue weighted by molar-refractivity contribution is -0.583. The normalized spacial score (nSPS) is 23.5. The monoisotopic (exact) mass is 234 g/mol. The van der Waals surface area contributed by atoms with E-state index in [2.05, 4.69) is 0 Å². The Morgan fingerprint density at radius 2 is 1.94 bits per heavy atom. The van der Waals surface area contributed by atoms with E-state index in [9.17, 15) is 15.2 Å². The molecule has 5 heteroatoms. The van der Waals surface area contributed by atoms with E-state index in [0.717, 1.165) is 0 Å². The van der Waals surface area contributed by atoms with Gasteiger partial charge in [0.15, 0.2) is 6.23 Å². The van der Waals surface area contributed by atoms with Crippen molar-refractivity contribution < 1.29 is 9.87 Å². The Labute approximate surface area is 99.1 Å². The molecular formula is C12H14N2O3. The maximum Gasteiger partial charge on any atom is 0.254 e. The maximum absolute atomic E-state index is 11.9. The molecule has 1 N–H and O–H groups in total. The highest BCUT2D eigenvalue weighted by molar-refractivity contribution is 5.64. The number of nitrogens with zero attached hydrogens (tertiary/aromatic N) is 2. The van der Waals surface area contributed by atoms with Gasteiger partial charge in [0.05, 0.1) is 0 Å². The van der Waals surface area contributed by atoms with E-state index in [-0.39, 0.29) is 5.70 Å². The van der Waals surface area contributed by atoms with Crippen molar-refractivity contribution in [2.75, 3.05) is 0 Å². The predicted octanol–water partition coefficient (Wildman–Crippen LogP) is 1.67. The molecular weight excluding hydrogens is 220 g/mol. The number of aliphatic hydroxyl groups is 1. The van der Waals surface area contributed by atoms with Crippen LogP contribution in [0, 0.1) is 10.1 Å². The van der Waals surface area contributed by atoms with Gasteiger partial charge in [-0.05, 0) is 0 Å². The second-order valence-corrected chi connectivity index (χ2v) is 4.56. The second-order valence-electron chi connectivity index (χ2n) is 4.56. The second kappa shape index (κ2) is 3.94. The van der Waals surface area contributed by atoms with Crippen LogP contribution < -0.4 is 0 Å². The molecule has 1 aliphatic rings. The van der Waals surface area contributed by atoms with Crippen molar-refractivity contribution in [1.82, 2.24) is 5.06 Å². The van der Waals surface area contributed by atoms with Crippen LogP contribution in [0.4, 0.5) is 0 Å². The highest BCUT2D eigenvalue weighted by atomic mass is 16.5. The number of hydroxylamine groups is 2. The molecule has 1 aromatic carbocycles. The third-order valence-electron chi connectivity index (χ3n) is 2.97. The van der Waals surface area contributed by atoms with E-state index in [1.807, 2.05) is 6.07 Å². The van der Waals surface area contributed by atoms with E-state index in [1.165, 1.54) is 20.0 Å². The Morgan fingerprint density at radius 3 is 2.53 bits per heavy atom. The van der Waals surface area contributed by atoms with Crippen molar-refractivity contribution in [3.8, 4) is 0 Å². The summed E-state index contributed by atoms with van der Waals surface area (Å²) in [5, 5.41) is 22.2. The van der Waals surface area contributed by atoms with Gasteiger partial charge in [-0.15, -0.1) is 0 Å². The van der Waals surface area contributed by atoms with Crippen LogP contribution >= 0.6 is 0 Å². The molecule has 0 saturated heterocycles. The fourth-order valence-electron chi connectivity index (χ4n) is 1.68. The van der Waals surface area contributed by atoms with Crippen molar-refractivity contribution >= 4 is 5.70 Å². The Balaban J connectivity index is 2.47. The van der Waals surface area contributed by atoms with Gasteiger partial charge in [-0.25, -0.2) is 0 Å². The van der Waals surface area contributed by atoms with Gasteiger partial charge < -0.3 is 15.4 Å². The zero-order valence-corrected chi connectivity index (χ0v) is 9.70. The summed E-state index contributed by atoms with van der Waals surface area (Å²) in [6.45, 7) is 3.04. The Kier molecular flexibility index (Phi) is 2.73. The smallest absolute Gasteiger partial charge is 0.254 e. The quantitative estimate of drug-likeness (QED) is 0.751. The van der Waals surface area contributed by atoms with Crippen LogP contribution in [0.3, 0.4) is 0 Å². The minimum Gasteiger partial charge on any atom is -0.756 e. The molecule has 1 heterocycles. The fourth-order valence-corrected chi connectivity index (χ4v) is 1.68. The highest BCUT2D eigenvalue weighted by Crippen LogP contribution is 2.31. The first-order chi connectivity index (χ1) is 7.94. The van der Waals surface area contributed by atoms with E-state index < -0.39 is 11.8 Å². The fraction of sp³-hybridized carbons (Fsp3) is 0.333. The lowest BCUT2D eigenvalue weighted by Crippen LogP contribution is -2.54. The van der Waals surface area contributed by atoms with Crippen molar-refractivity contribution in [3.63, 3.8) is 0 Å². The van der Waals surface area contributed by atoms with E-state index >= 15 is 0 Å². The van der Waals surface area contributed by atoms with Gasteiger partial charge in [-0.1, -0.05) is 30.3 Å². The van der Waals surface area contributed by atoms with Crippen LogP contribution in [-0.4, -0.2) is 26.7 Å². The Hall–Kier alpha value is -1.72. The van der Waals surface area contributed by atoms with E-state index in [4.69, 9.17) is 0 Å². The van der Waals surface area contributed by atoms with Crippen LogP contribution in [0.1, 0.15) is 19.4 Å². The van der Waals surface area contributed by atoms with Crippen LogP contribution in [0.15, 0.2) is 36.5 Å².